The summed E-state index contributed by atoms with van der Waals surface area (Å²) in [6.07, 6.45) is 2.79. The number of hydrogen-bond donors (Lipinski definition) is 1. The van der Waals surface area contributed by atoms with Gasteiger partial charge in [0, 0.05) is 6.21 Å². The molecule has 58 valence electrons. The molecule has 0 spiro atoms. The van der Waals surface area contributed by atoms with Gasteiger partial charge in [0.25, 0.3) is 0 Å². The smallest absolute Gasteiger partial charge is 0.0996 e. The predicted octanol–water partition coefficient (Wildman–Crippen LogP) is 1.63. The van der Waals surface area contributed by atoms with Crippen LogP contribution in [0.1, 0.15) is 5.69 Å². The fourth-order valence-electron chi connectivity index (χ4n) is 1.04. The van der Waals surface area contributed by atoms with Crippen molar-refractivity contribution in [3.05, 3.63) is 36.2 Å². The molecule has 2 aromatic rings. The van der Waals surface area contributed by atoms with Crippen LogP contribution in [0.3, 0.4) is 0 Å². The van der Waals surface area contributed by atoms with Crippen LogP contribution < -0.4 is 0 Å². The van der Waals surface area contributed by atoms with Crippen LogP contribution in [0.5, 0.6) is 0 Å². The van der Waals surface area contributed by atoms with E-state index in [0.29, 0.717) is 5.69 Å². The lowest BCUT2D eigenvalue weighted by Crippen LogP contribution is -1.89. The molecule has 1 aromatic heterocycles. The van der Waals surface area contributed by atoms with Crippen LogP contribution in [0.25, 0.3) is 11.0 Å². The van der Waals surface area contributed by atoms with Crippen molar-refractivity contribution in [2.45, 2.75) is 0 Å². The zero-order valence-electron chi connectivity index (χ0n) is 6.36. The van der Waals surface area contributed by atoms with Crippen LogP contribution in [-0.2, 0) is 0 Å². The van der Waals surface area contributed by atoms with E-state index in [2.05, 4.69) is 9.97 Å². The standard InChI is InChI=1S/C9H7N3/c10-5-7-6-11-8-3-1-2-4-9(8)12-7/h1-6,10H. The van der Waals surface area contributed by atoms with Crippen molar-refractivity contribution in [2.24, 2.45) is 0 Å². The molecule has 1 heterocycles. The van der Waals surface area contributed by atoms with Gasteiger partial charge in [-0.3, -0.25) is 4.98 Å². The molecule has 0 radical (unpaired) electrons. The molecule has 0 saturated heterocycles. The minimum absolute atomic E-state index is 0.591. The molecule has 0 aliphatic carbocycles. The quantitative estimate of drug-likeness (QED) is 0.639. The fraction of sp³-hybridized carbons (Fsp3) is 0. The minimum Gasteiger partial charge on any atom is -0.306 e. The third kappa shape index (κ3) is 1.05. The normalized spacial score (nSPS) is 10.0. The zero-order chi connectivity index (χ0) is 8.39. The Morgan fingerprint density at radius 3 is 2.67 bits per heavy atom. The van der Waals surface area contributed by atoms with Gasteiger partial charge < -0.3 is 5.41 Å². The lowest BCUT2D eigenvalue weighted by Gasteiger charge is -1.95. The Morgan fingerprint density at radius 1 is 1.17 bits per heavy atom. The van der Waals surface area contributed by atoms with Crippen molar-refractivity contribution in [1.29, 1.82) is 5.41 Å². The van der Waals surface area contributed by atoms with Crippen LogP contribution >= 0.6 is 0 Å². The van der Waals surface area contributed by atoms with E-state index >= 15 is 0 Å². The Kier molecular flexibility index (Phi) is 1.55. The van der Waals surface area contributed by atoms with Gasteiger partial charge in [-0.05, 0) is 12.1 Å². The number of aromatic nitrogens is 2. The van der Waals surface area contributed by atoms with E-state index in [1.165, 1.54) is 6.21 Å². The van der Waals surface area contributed by atoms with Crippen molar-refractivity contribution in [3.63, 3.8) is 0 Å². The number of nitrogens with zero attached hydrogens (tertiary/aromatic N) is 2. The molecule has 1 aromatic carbocycles. The molecule has 0 aliphatic heterocycles. The van der Waals surface area contributed by atoms with E-state index < -0.39 is 0 Å². The third-order valence-corrected chi connectivity index (χ3v) is 1.62. The van der Waals surface area contributed by atoms with E-state index in [1.807, 2.05) is 24.3 Å². The van der Waals surface area contributed by atoms with Gasteiger partial charge >= 0.3 is 0 Å². The molecule has 0 saturated carbocycles. The molecule has 0 aliphatic rings. The molecule has 0 amide bonds. The first-order chi connectivity index (χ1) is 5.90. The number of rotatable bonds is 1. The number of hydrogen-bond acceptors (Lipinski definition) is 3. The molecule has 0 unspecified atom stereocenters. The minimum atomic E-state index is 0.591. The van der Waals surface area contributed by atoms with Gasteiger partial charge in [0.2, 0.25) is 0 Å². The largest absolute Gasteiger partial charge is 0.306 e. The summed E-state index contributed by atoms with van der Waals surface area (Å²) in [6.45, 7) is 0. The average Bonchev–Trinajstić information content (AvgIpc) is 2.17. The van der Waals surface area contributed by atoms with Crippen LogP contribution in [0, 0.1) is 5.41 Å². The Morgan fingerprint density at radius 2 is 1.92 bits per heavy atom. The summed E-state index contributed by atoms with van der Waals surface area (Å²) < 4.78 is 0. The van der Waals surface area contributed by atoms with Crippen molar-refractivity contribution in [2.75, 3.05) is 0 Å². The van der Waals surface area contributed by atoms with Gasteiger partial charge in [0.05, 0.1) is 22.9 Å². The van der Waals surface area contributed by atoms with E-state index in [0.717, 1.165) is 11.0 Å². The fourth-order valence-corrected chi connectivity index (χ4v) is 1.04. The van der Waals surface area contributed by atoms with Crippen LogP contribution in [-0.4, -0.2) is 16.2 Å². The maximum atomic E-state index is 6.99. The molecule has 0 atom stereocenters. The molecule has 2 rings (SSSR count). The Bertz CT molecular complexity index is 423. The molecular formula is C9H7N3. The molecule has 3 heteroatoms. The van der Waals surface area contributed by atoms with E-state index in [1.54, 1.807) is 6.20 Å². The number of benzene rings is 1. The van der Waals surface area contributed by atoms with Gasteiger partial charge in [0.1, 0.15) is 0 Å². The number of nitrogens with one attached hydrogen (secondary N) is 1. The Balaban J connectivity index is 2.75. The highest BCUT2D eigenvalue weighted by Gasteiger charge is 1.94. The Hall–Kier alpha value is -1.77. The summed E-state index contributed by atoms with van der Waals surface area (Å²) in [5.74, 6) is 0. The molecular weight excluding hydrogens is 150 g/mol. The SMILES string of the molecule is N=Cc1cnc2ccccc2n1. The second-order valence-electron chi connectivity index (χ2n) is 2.43. The summed E-state index contributed by atoms with van der Waals surface area (Å²) >= 11 is 0. The second-order valence-corrected chi connectivity index (χ2v) is 2.43. The van der Waals surface area contributed by atoms with Gasteiger partial charge in [-0.2, -0.15) is 0 Å². The highest BCUT2D eigenvalue weighted by atomic mass is 14.8. The monoisotopic (exact) mass is 157 g/mol. The highest BCUT2D eigenvalue weighted by Crippen LogP contribution is 2.06. The third-order valence-electron chi connectivity index (χ3n) is 1.62. The summed E-state index contributed by atoms with van der Waals surface area (Å²) in [4.78, 5) is 8.33. The van der Waals surface area contributed by atoms with Crippen LogP contribution in [0.15, 0.2) is 30.5 Å². The van der Waals surface area contributed by atoms with Gasteiger partial charge in [0.15, 0.2) is 0 Å². The average molecular weight is 157 g/mol. The number of para-hydroxylation sites is 2. The first-order valence-electron chi connectivity index (χ1n) is 3.62. The van der Waals surface area contributed by atoms with E-state index in [-0.39, 0.29) is 0 Å². The number of fused-ring (bicyclic) bond motifs is 1. The van der Waals surface area contributed by atoms with Gasteiger partial charge in [-0.25, -0.2) is 4.98 Å². The first kappa shape index (κ1) is 6.91. The predicted molar refractivity (Wildman–Crippen MR) is 47.4 cm³/mol. The van der Waals surface area contributed by atoms with Crippen molar-refractivity contribution in [3.8, 4) is 0 Å². The maximum Gasteiger partial charge on any atom is 0.0996 e. The summed E-state index contributed by atoms with van der Waals surface area (Å²) in [5.41, 5.74) is 2.29. The maximum absolute atomic E-state index is 6.99. The highest BCUT2D eigenvalue weighted by molar-refractivity contribution is 5.80. The Labute approximate surface area is 69.6 Å². The zero-order valence-corrected chi connectivity index (χ0v) is 6.36. The van der Waals surface area contributed by atoms with Gasteiger partial charge in [-0.15, -0.1) is 0 Å². The lowest BCUT2D eigenvalue weighted by atomic mass is 10.3. The van der Waals surface area contributed by atoms with Crippen molar-refractivity contribution >= 4 is 17.2 Å². The van der Waals surface area contributed by atoms with Crippen molar-refractivity contribution in [1.82, 2.24) is 9.97 Å². The molecule has 1 N–H and O–H groups in total. The topological polar surface area (TPSA) is 49.6 Å². The summed E-state index contributed by atoms with van der Waals surface area (Å²) in [5, 5.41) is 6.99. The molecule has 3 nitrogen and oxygen atoms in total. The second kappa shape index (κ2) is 2.70. The van der Waals surface area contributed by atoms with Crippen LogP contribution in [0.2, 0.25) is 0 Å². The summed E-state index contributed by atoms with van der Waals surface area (Å²) in [7, 11) is 0. The van der Waals surface area contributed by atoms with Gasteiger partial charge in [-0.1, -0.05) is 12.1 Å². The van der Waals surface area contributed by atoms with Crippen molar-refractivity contribution < 1.29 is 0 Å². The summed E-state index contributed by atoms with van der Waals surface area (Å²) in [6, 6.07) is 7.61. The van der Waals surface area contributed by atoms with Crippen LogP contribution in [0.4, 0.5) is 0 Å². The molecule has 12 heavy (non-hydrogen) atoms. The first-order valence-corrected chi connectivity index (χ1v) is 3.62. The molecule has 0 fully saturated rings. The lowest BCUT2D eigenvalue weighted by molar-refractivity contribution is 1.27. The van der Waals surface area contributed by atoms with E-state index in [9.17, 15) is 0 Å². The molecule has 0 bridgehead atoms. The van der Waals surface area contributed by atoms with E-state index in [4.69, 9.17) is 5.41 Å².